The van der Waals surface area contributed by atoms with Crippen molar-refractivity contribution in [3.63, 3.8) is 0 Å². The first-order chi connectivity index (χ1) is 8.34. The van der Waals surface area contributed by atoms with Crippen LogP contribution in [0.4, 0.5) is 13.2 Å². The highest BCUT2D eigenvalue weighted by Crippen LogP contribution is 2.69. The summed E-state index contributed by atoms with van der Waals surface area (Å²) in [6, 6.07) is 0. The highest BCUT2D eigenvalue weighted by molar-refractivity contribution is 9.11. The molecule has 2 bridgehead atoms. The van der Waals surface area contributed by atoms with Crippen LogP contribution in [-0.2, 0) is 14.3 Å². The lowest BCUT2D eigenvalue weighted by Crippen LogP contribution is -2.34. The molecule has 3 nitrogen and oxygen atoms in total. The van der Waals surface area contributed by atoms with Gasteiger partial charge in [-0.05, 0) is 24.2 Å². The highest BCUT2D eigenvalue weighted by Gasteiger charge is 2.63. The molecule has 0 unspecified atom stereocenters. The summed E-state index contributed by atoms with van der Waals surface area (Å²) in [5, 5.41) is 0. The number of allylic oxidation sites excluding steroid dienone is 2. The molecule has 0 aromatic rings. The number of halogens is 4. The van der Waals surface area contributed by atoms with Crippen molar-refractivity contribution in [2.75, 3.05) is 0 Å². The Bertz CT molecular complexity index is 550. The molecule has 0 spiro atoms. The lowest BCUT2D eigenvalue weighted by atomic mass is 9.70. The second-order valence-electron chi connectivity index (χ2n) is 5.81. The first-order valence-corrected chi connectivity index (χ1v) is 7.95. The molecule has 2 rings (SSSR count). The van der Waals surface area contributed by atoms with Gasteiger partial charge < -0.3 is 4.18 Å². The topological polar surface area (TPSA) is 43.4 Å². The zero-order valence-electron chi connectivity index (χ0n) is 10.6. The molecule has 19 heavy (non-hydrogen) atoms. The average Bonchev–Trinajstić information content (AvgIpc) is 2.50. The Kier molecular flexibility index (Phi) is 3.11. The second kappa shape index (κ2) is 3.90. The van der Waals surface area contributed by atoms with Crippen LogP contribution in [0.25, 0.3) is 0 Å². The van der Waals surface area contributed by atoms with Gasteiger partial charge in [-0.15, -0.1) is 0 Å². The Labute approximate surface area is 118 Å². The summed E-state index contributed by atoms with van der Waals surface area (Å²) in [7, 11) is -5.61. The van der Waals surface area contributed by atoms with Gasteiger partial charge >= 0.3 is 15.6 Å². The smallest absolute Gasteiger partial charge is 0.379 e. The molecular weight excluding hydrogens is 349 g/mol. The van der Waals surface area contributed by atoms with Crippen molar-refractivity contribution in [2.24, 2.45) is 16.7 Å². The van der Waals surface area contributed by atoms with E-state index < -0.39 is 21.0 Å². The molecule has 0 saturated heterocycles. The van der Waals surface area contributed by atoms with E-state index in [4.69, 9.17) is 0 Å². The minimum Gasteiger partial charge on any atom is -0.379 e. The monoisotopic (exact) mass is 362 g/mol. The zero-order valence-corrected chi connectivity index (χ0v) is 13.0. The largest absolute Gasteiger partial charge is 0.534 e. The van der Waals surface area contributed by atoms with E-state index >= 15 is 0 Å². The number of hydrogen-bond donors (Lipinski definition) is 0. The standard InChI is InChI=1S/C11H14BrF3O3S/c1-9(2)6-4-5-10(9,3)8(7(6)12)18-19(16,17)11(13,14)15/h6H,4-5H2,1-3H3/t6-,10-/m0/s1. The van der Waals surface area contributed by atoms with Gasteiger partial charge in [0.25, 0.3) is 0 Å². The fraction of sp³-hybridized carbons (Fsp3) is 0.818. The summed E-state index contributed by atoms with van der Waals surface area (Å²) in [5.41, 5.74) is -6.44. The number of rotatable bonds is 2. The van der Waals surface area contributed by atoms with Gasteiger partial charge in [0.2, 0.25) is 0 Å². The Hall–Kier alpha value is -0.240. The van der Waals surface area contributed by atoms with Gasteiger partial charge in [-0.2, -0.15) is 21.6 Å². The quantitative estimate of drug-likeness (QED) is 0.552. The second-order valence-corrected chi connectivity index (χ2v) is 8.20. The van der Waals surface area contributed by atoms with Crippen molar-refractivity contribution < 1.29 is 25.8 Å². The van der Waals surface area contributed by atoms with Crippen molar-refractivity contribution >= 4 is 26.0 Å². The maximum atomic E-state index is 12.4. The zero-order chi connectivity index (χ0) is 14.9. The average molecular weight is 363 g/mol. The van der Waals surface area contributed by atoms with E-state index in [0.717, 1.165) is 6.42 Å². The molecule has 0 aromatic carbocycles. The summed E-state index contributed by atoms with van der Waals surface area (Å²) in [4.78, 5) is 0. The molecule has 8 heteroatoms. The fourth-order valence-electron chi connectivity index (χ4n) is 3.06. The third-order valence-corrected chi connectivity index (χ3v) is 6.59. The summed E-state index contributed by atoms with van der Waals surface area (Å²) < 4.78 is 64.5. The van der Waals surface area contributed by atoms with E-state index in [0.29, 0.717) is 10.9 Å². The van der Waals surface area contributed by atoms with Crippen LogP contribution in [0.2, 0.25) is 0 Å². The first kappa shape index (κ1) is 15.2. The van der Waals surface area contributed by atoms with Crippen molar-refractivity contribution in [1.82, 2.24) is 0 Å². The van der Waals surface area contributed by atoms with E-state index in [1.165, 1.54) is 0 Å². The van der Waals surface area contributed by atoms with Crippen LogP contribution >= 0.6 is 15.9 Å². The van der Waals surface area contributed by atoms with E-state index in [-0.39, 0.29) is 17.1 Å². The van der Waals surface area contributed by atoms with E-state index in [2.05, 4.69) is 20.1 Å². The van der Waals surface area contributed by atoms with E-state index in [1.807, 2.05) is 13.8 Å². The highest BCUT2D eigenvalue weighted by atomic mass is 79.9. The van der Waals surface area contributed by atoms with Gasteiger partial charge in [0.15, 0.2) is 0 Å². The lowest BCUT2D eigenvalue weighted by molar-refractivity contribution is -0.0538. The molecule has 0 heterocycles. The molecule has 1 saturated carbocycles. The normalized spacial score (nSPS) is 33.9. The molecule has 2 aliphatic rings. The van der Waals surface area contributed by atoms with Crippen LogP contribution < -0.4 is 0 Å². The Morgan fingerprint density at radius 3 is 2.21 bits per heavy atom. The maximum absolute atomic E-state index is 12.4. The molecule has 2 aliphatic carbocycles. The predicted octanol–water partition coefficient (Wildman–Crippen LogP) is 3.92. The Morgan fingerprint density at radius 2 is 1.84 bits per heavy atom. The molecule has 0 amide bonds. The summed E-state index contributed by atoms with van der Waals surface area (Å²) in [6.07, 6.45) is 1.42. The van der Waals surface area contributed by atoms with Crippen molar-refractivity contribution in [1.29, 1.82) is 0 Å². The van der Waals surface area contributed by atoms with Crippen LogP contribution in [0.3, 0.4) is 0 Å². The van der Waals surface area contributed by atoms with Gasteiger partial charge in [0.1, 0.15) is 5.76 Å². The number of alkyl halides is 3. The first-order valence-electron chi connectivity index (χ1n) is 5.75. The van der Waals surface area contributed by atoms with Gasteiger partial charge in [-0.25, -0.2) is 0 Å². The van der Waals surface area contributed by atoms with Gasteiger partial charge in [-0.1, -0.05) is 36.7 Å². The van der Waals surface area contributed by atoms with Gasteiger partial charge in [0.05, 0.1) is 0 Å². The molecular formula is C11H14BrF3O3S. The third-order valence-electron chi connectivity index (χ3n) is 4.73. The molecule has 0 N–H and O–H groups in total. The molecule has 1 fully saturated rings. The van der Waals surface area contributed by atoms with Crippen LogP contribution in [0.5, 0.6) is 0 Å². The molecule has 110 valence electrons. The summed E-state index contributed by atoms with van der Waals surface area (Å²) in [5.74, 6) is -0.0954. The SMILES string of the molecule is CC1(C)[C@H]2CC[C@@]1(C)C(OS(=O)(=O)C(F)(F)F)=C2Br. The predicted molar refractivity (Wildman–Crippen MR) is 66.6 cm³/mol. The van der Waals surface area contributed by atoms with Crippen molar-refractivity contribution in [3.8, 4) is 0 Å². The maximum Gasteiger partial charge on any atom is 0.534 e. The van der Waals surface area contributed by atoms with Gasteiger partial charge in [-0.3, -0.25) is 0 Å². The molecule has 2 atom stereocenters. The summed E-state index contributed by atoms with van der Waals surface area (Å²) in [6.45, 7) is 5.59. The van der Waals surface area contributed by atoms with E-state index in [9.17, 15) is 21.6 Å². The van der Waals surface area contributed by atoms with Crippen LogP contribution in [0.15, 0.2) is 10.2 Å². The molecule has 0 aliphatic heterocycles. The van der Waals surface area contributed by atoms with E-state index in [1.54, 1.807) is 6.92 Å². The van der Waals surface area contributed by atoms with Crippen LogP contribution in [0, 0.1) is 16.7 Å². The molecule has 0 radical (unpaired) electrons. The van der Waals surface area contributed by atoms with Crippen LogP contribution in [0.1, 0.15) is 33.6 Å². The lowest BCUT2D eigenvalue weighted by Gasteiger charge is -2.35. The Balaban J connectivity index is 2.44. The minimum absolute atomic E-state index is 0.00377. The fourth-order valence-corrected chi connectivity index (χ4v) is 5.08. The Morgan fingerprint density at radius 1 is 1.32 bits per heavy atom. The third kappa shape index (κ3) is 1.86. The number of fused-ring (bicyclic) bond motifs is 2. The van der Waals surface area contributed by atoms with Crippen molar-refractivity contribution in [2.45, 2.75) is 39.1 Å². The minimum atomic E-state index is -5.61. The number of hydrogen-bond acceptors (Lipinski definition) is 3. The molecule has 0 aromatic heterocycles. The van der Waals surface area contributed by atoms with Crippen LogP contribution in [-0.4, -0.2) is 13.9 Å². The summed E-state index contributed by atoms with van der Waals surface area (Å²) >= 11 is 3.21. The van der Waals surface area contributed by atoms with Crippen molar-refractivity contribution in [3.05, 3.63) is 10.2 Å². The van der Waals surface area contributed by atoms with Gasteiger partial charge in [0, 0.05) is 9.90 Å².